The maximum Gasteiger partial charge on any atom is 0.105 e. The Morgan fingerprint density at radius 1 is 1.50 bits per heavy atom. The molecular formula is C15H23N5. The fraction of sp³-hybridized carbons (Fsp3) is 0.600. The number of nitrogens with one attached hydrogen (secondary N) is 2. The summed E-state index contributed by atoms with van der Waals surface area (Å²) in [7, 11) is 0. The molecule has 1 saturated carbocycles. The summed E-state index contributed by atoms with van der Waals surface area (Å²) in [6.07, 6.45) is 7.61. The van der Waals surface area contributed by atoms with Gasteiger partial charge in [0.05, 0.1) is 5.69 Å². The molecule has 0 saturated heterocycles. The highest BCUT2D eigenvalue weighted by atomic mass is 15.1. The van der Waals surface area contributed by atoms with Crippen molar-refractivity contribution in [1.29, 1.82) is 0 Å². The van der Waals surface area contributed by atoms with Crippen LogP contribution in [0.15, 0.2) is 18.5 Å². The molecule has 0 aromatic carbocycles. The zero-order valence-electron chi connectivity index (χ0n) is 12.3. The summed E-state index contributed by atoms with van der Waals surface area (Å²) < 4.78 is 2.19. The van der Waals surface area contributed by atoms with Gasteiger partial charge in [0, 0.05) is 43.1 Å². The maximum absolute atomic E-state index is 4.38. The Balaban J connectivity index is 1.42. The third-order valence-electron chi connectivity index (χ3n) is 4.01. The minimum absolute atomic E-state index is 0.476. The quantitative estimate of drug-likeness (QED) is 0.814. The highest BCUT2D eigenvalue weighted by Crippen LogP contribution is 2.38. The number of H-pyrrole nitrogens is 1. The lowest BCUT2D eigenvalue weighted by molar-refractivity contribution is 0.469. The van der Waals surface area contributed by atoms with Crippen LogP contribution in [-0.2, 0) is 13.1 Å². The molecule has 0 unspecified atom stereocenters. The van der Waals surface area contributed by atoms with Crippen LogP contribution in [0.25, 0.3) is 0 Å². The van der Waals surface area contributed by atoms with E-state index in [1.165, 1.54) is 24.2 Å². The van der Waals surface area contributed by atoms with Gasteiger partial charge < -0.3 is 9.88 Å². The van der Waals surface area contributed by atoms with Crippen molar-refractivity contribution >= 4 is 0 Å². The topological polar surface area (TPSA) is 58.5 Å². The Bertz CT molecular complexity index is 552. The molecule has 3 rings (SSSR count). The highest BCUT2D eigenvalue weighted by molar-refractivity contribution is 5.17. The molecule has 2 aromatic rings. The average molecular weight is 273 g/mol. The van der Waals surface area contributed by atoms with E-state index < -0.39 is 0 Å². The fourth-order valence-corrected chi connectivity index (χ4v) is 2.42. The van der Waals surface area contributed by atoms with Crippen LogP contribution < -0.4 is 5.32 Å². The average Bonchev–Trinajstić information content (AvgIpc) is 3.04. The fourth-order valence-electron chi connectivity index (χ4n) is 2.42. The molecule has 0 bridgehead atoms. The smallest absolute Gasteiger partial charge is 0.105 e. The summed E-state index contributed by atoms with van der Waals surface area (Å²) in [5.74, 6) is 1.81. The number of hydrogen-bond donors (Lipinski definition) is 2. The van der Waals surface area contributed by atoms with Crippen LogP contribution in [0.4, 0.5) is 0 Å². The van der Waals surface area contributed by atoms with Crippen molar-refractivity contribution < 1.29 is 0 Å². The lowest BCUT2D eigenvalue weighted by atomic mass is 10.2. The largest absolute Gasteiger partial charge is 0.335 e. The number of hydrogen-bond acceptors (Lipinski definition) is 3. The minimum Gasteiger partial charge on any atom is -0.335 e. The molecule has 1 fully saturated rings. The molecule has 2 aromatic heterocycles. The Morgan fingerprint density at radius 3 is 3.05 bits per heavy atom. The van der Waals surface area contributed by atoms with Crippen molar-refractivity contribution in [3.05, 3.63) is 35.7 Å². The first kappa shape index (κ1) is 13.4. The lowest BCUT2D eigenvalue weighted by Gasteiger charge is -2.14. The Kier molecular flexibility index (Phi) is 3.87. The zero-order chi connectivity index (χ0) is 13.9. The predicted molar refractivity (Wildman–Crippen MR) is 78.4 cm³/mol. The van der Waals surface area contributed by atoms with Crippen LogP contribution in [0.3, 0.4) is 0 Å². The van der Waals surface area contributed by atoms with Crippen molar-refractivity contribution in [2.24, 2.45) is 0 Å². The van der Waals surface area contributed by atoms with Crippen molar-refractivity contribution in [2.75, 3.05) is 0 Å². The molecule has 20 heavy (non-hydrogen) atoms. The number of rotatable bonds is 7. The molecule has 2 heterocycles. The van der Waals surface area contributed by atoms with Crippen molar-refractivity contribution in [2.45, 2.75) is 58.2 Å². The summed E-state index contributed by atoms with van der Waals surface area (Å²) >= 11 is 0. The van der Waals surface area contributed by atoms with Gasteiger partial charge >= 0.3 is 0 Å². The normalized spacial score (nSPS) is 16.5. The first-order valence-electron chi connectivity index (χ1n) is 7.47. The van der Waals surface area contributed by atoms with Crippen molar-refractivity contribution in [1.82, 2.24) is 25.1 Å². The second-order valence-corrected chi connectivity index (χ2v) is 5.83. The number of aryl methyl sites for hydroxylation is 2. The second kappa shape index (κ2) is 5.79. The van der Waals surface area contributed by atoms with Gasteiger partial charge in [0.1, 0.15) is 5.82 Å². The maximum atomic E-state index is 4.38. The van der Waals surface area contributed by atoms with Crippen molar-refractivity contribution in [3.63, 3.8) is 0 Å². The second-order valence-electron chi connectivity index (χ2n) is 5.83. The molecule has 0 amide bonds. The first-order chi connectivity index (χ1) is 9.72. The molecule has 2 N–H and O–H groups in total. The molecule has 5 heteroatoms. The van der Waals surface area contributed by atoms with Gasteiger partial charge in [-0.1, -0.05) is 0 Å². The Labute approximate surface area is 119 Å². The molecule has 0 aliphatic heterocycles. The third-order valence-corrected chi connectivity index (χ3v) is 4.01. The lowest BCUT2D eigenvalue weighted by Crippen LogP contribution is -2.27. The molecule has 5 nitrogen and oxygen atoms in total. The van der Waals surface area contributed by atoms with Gasteiger partial charge in [-0.2, -0.15) is 5.10 Å². The molecule has 1 aliphatic rings. The van der Waals surface area contributed by atoms with E-state index in [9.17, 15) is 0 Å². The van der Waals surface area contributed by atoms with Crippen molar-refractivity contribution in [3.8, 4) is 0 Å². The van der Waals surface area contributed by atoms with Crippen LogP contribution in [0.5, 0.6) is 0 Å². The van der Waals surface area contributed by atoms with Gasteiger partial charge in [-0.25, -0.2) is 4.98 Å². The summed E-state index contributed by atoms with van der Waals surface area (Å²) in [6.45, 7) is 6.15. The Morgan fingerprint density at radius 2 is 2.35 bits per heavy atom. The van der Waals surface area contributed by atoms with Crippen LogP contribution >= 0.6 is 0 Å². The van der Waals surface area contributed by atoms with Gasteiger partial charge in [-0.05, 0) is 39.2 Å². The summed E-state index contributed by atoms with van der Waals surface area (Å²) in [5.41, 5.74) is 2.43. The number of aromatic amines is 1. The van der Waals surface area contributed by atoms with Gasteiger partial charge in [0.15, 0.2) is 0 Å². The van der Waals surface area contributed by atoms with E-state index in [4.69, 9.17) is 0 Å². The summed E-state index contributed by atoms with van der Waals surface area (Å²) in [5, 5.41) is 11.1. The number of aromatic nitrogens is 4. The van der Waals surface area contributed by atoms with Gasteiger partial charge in [-0.3, -0.25) is 5.10 Å². The van der Waals surface area contributed by atoms with E-state index in [1.807, 2.05) is 19.3 Å². The van der Waals surface area contributed by atoms with Gasteiger partial charge in [-0.15, -0.1) is 0 Å². The van der Waals surface area contributed by atoms with E-state index in [-0.39, 0.29) is 0 Å². The molecule has 0 spiro atoms. The molecular weight excluding hydrogens is 250 g/mol. The van der Waals surface area contributed by atoms with Gasteiger partial charge in [0.25, 0.3) is 0 Å². The SMILES string of the molecule is Cc1nccn1CC[C@H](C)NCc1cc(C2CC2)n[nH]1. The summed E-state index contributed by atoms with van der Waals surface area (Å²) in [6, 6.07) is 2.68. The highest BCUT2D eigenvalue weighted by Gasteiger charge is 2.25. The van der Waals surface area contributed by atoms with Crippen LogP contribution in [0.1, 0.15) is 49.3 Å². The molecule has 0 radical (unpaired) electrons. The van der Waals surface area contributed by atoms with E-state index in [0.717, 1.165) is 31.3 Å². The molecule has 1 aliphatic carbocycles. The van der Waals surface area contributed by atoms with E-state index >= 15 is 0 Å². The van der Waals surface area contributed by atoms with Crippen LogP contribution in [0.2, 0.25) is 0 Å². The Hall–Kier alpha value is -1.62. The standard InChI is InChI=1S/C15H23N5/c1-11(5-7-20-8-6-16-12(20)2)17-10-14-9-15(19-18-14)13-3-4-13/h6,8-9,11,13,17H,3-5,7,10H2,1-2H3,(H,18,19)/t11-/m0/s1. The molecule has 108 valence electrons. The van der Waals surface area contributed by atoms with Gasteiger partial charge in [0.2, 0.25) is 0 Å². The first-order valence-corrected chi connectivity index (χ1v) is 7.47. The van der Waals surface area contributed by atoms with E-state index in [2.05, 4.69) is 38.1 Å². The minimum atomic E-state index is 0.476. The number of nitrogens with zero attached hydrogens (tertiary/aromatic N) is 3. The van der Waals surface area contributed by atoms with E-state index in [0.29, 0.717) is 6.04 Å². The monoisotopic (exact) mass is 273 g/mol. The molecule has 1 atom stereocenters. The van der Waals surface area contributed by atoms with Crippen LogP contribution in [0, 0.1) is 6.92 Å². The third kappa shape index (κ3) is 3.28. The summed E-state index contributed by atoms with van der Waals surface area (Å²) in [4.78, 5) is 4.24. The predicted octanol–water partition coefficient (Wildman–Crippen LogP) is 2.36. The number of imidazole rings is 1. The zero-order valence-corrected chi connectivity index (χ0v) is 12.3. The van der Waals surface area contributed by atoms with E-state index in [1.54, 1.807) is 0 Å². The van der Waals surface area contributed by atoms with Crippen LogP contribution in [-0.4, -0.2) is 25.8 Å².